The van der Waals surface area contributed by atoms with Crippen LogP contribution in [0.15, 0.2) is 77.7 Å². The zero-order valence-electron chi connectivity index (χ0n) is 19.6. The van der Waals surface area contributed by atoms with Crippen molar-refractivity contribution in [3.8, 4) is 22.8 Å². The summed E-state index contributed by atoms with van der Waals surface area (Å²) in [5, 5.41) is 2.15. The highest BCUT2D eigenvalue weighted by Gasteiger charge is 2.33. The van der Waals surface area contributed by atoms with Crippen LogP contribution >= 0.6 is 0 Å². The van der Waals surface area contributed by atoms with Gasteiger partial charge in [-0.2, -0.15) is 0 Å². The summed E-state index contributed by atoms with van der Waals surface area (Å²) < 4.78 is 15.0. The van der Waals surface area contributed by atoms with Crippen molar-refractivity contribution in [2.24, 2.45) is 0 Å². The summed E-state index contributed by atoms with van der Waals surface area (Å²) in [6.45, 7) is 1.21. The van der Waals surface area contributed by atoms with Crippen molar-refractivity contribution in [1.82, 2.24) is 9.13 Å². The molecule has 2 aromatic heterocycles. The first-order valence-electron chi connectivity index (χ1n) is 11.6. The molecule has 0 saturated carbocycles. The number of pyridine rings is 1. The number of hydrogen-bond donors (Lipinski definition) is 0. The molecular formula is C29H24N2O4. The molecule has 0 unspecified atom stereocenters. The number of carbonyl (C=O) groups is 1. The summed E-state index contributed by atoms with van der Waals surface area (Å²) in [4.78, 5) is 27.5. The van der Waals surface area contributed by atoms with Gasteiger partial charge in [0.2, 0.25) is 0 Å². The van der Waals surface area contributed by atoms with Crippen molar-refractivity contribution >= 4 is 27.5 Å². The predicted octanol–water partition coefficient (Wildman–Crippen LogP) is 5.28. The molecule has 0 bridgehead atoms. The maximum atomic E-state index is 14.0. The summed E-state index contributed by atoms with van der Waals surface area (Å²) in [6.07, 6.45) is 2.80. The second kappa shape index (κ2) is 8.17. The van der Waals surface area contributed by atoms with Crippen LogP contribution < -0.4 is 15.0 Å². The van der Waals surface area contributed by atoms with E-state index in [0.29, 0.717) is 45.6 Å². The maximum Gasteiger partial charge on any atom is 0.262 e. The lowest BCUT2D eigenvalue weighted by Crippen LogP contribution is -2.24. The van der Waals surface area contributed by atoms with Gasteiger partial charge in [0.05, 0.1) is 30.9 Å². The first kappa shape index (κ1) is 21.2. The second-order valence-corrected chi connectivity index (χ2v) is 8.70. The van der Waals surface area contributed by atoms with Crippen molar-refractivity contribution in [3.63, 3.8) is 0 Å². The summed E-state index contributed by atoms with van der Waals surface area (Å²) in [7, 11) is 3.06. The maximum absolute atomic E-state index is 14.0. The van der Waals surface area contributed by atoms with Gasteiger partial charge >= 0.3 is 0 Å². The molecule has 0 saturated heterocycles. The van der Waals surface area contributed by atoms with Crippen molar-refractivity contribution in [2.45, 2.75) is 19.5 Å². The second-order valence-electron chi connectivity index (χ2n) is 8.70. The normalized spacial score (nSPS) is 12.2. The van der Waals surface area contributed by atoms with Crippen LogP contribution in [0.2, 0.25) is 0 Å². The summed E-state index contributed by atoms with van der Waals surface area (Å²) in [5.41, 5.74) is 3.63. The molecule has 0 amide bonds. The van der Waals surface area contributed by atoms with Gasteiger partial charge in [0.15, 0.2) is 17.3 Å². The topological polar surface area (TPSA) is 62.5 Å². The Bertz CT molecular complexity index is 1690. The first-order chi connectivity index (χ1) is 17.1. The number of aromatic nitrogens is 2. The SMILES string of the molecule is COc1ccc2c3c(n(CCCn4ccc5ccccc54)c(=O)c2c1OC)-c1ccccc1C3=O. The Balaban J connectivity index is 1.52. The zero-order chi connectivity index (χ0) is 24.1. The lowest BCUT2D eigenvalue weighted by molar-refractivity contribution is 0.104. The molecule has 6 heteroatoms. The largest absolute Gasteiger partial charge is 0.493 e. The molecule has 6 rings (SSSR count). The molecular weight excluding hydrogens is 440 g/mol. The lowest BCUT2D eigenvalue weighted by atomic mass is 10.0. The molecule has 174 valence electrons. The van der Waals surface area contributed by atoms with E-state index in [2.05, 4.69) is 29.0 Å². The molecule has 0 fully saturated rings. The van der Waals surface area contributed by atoms with E-state index < -0.39 is 0 Å². The molecule has 0 radical (unpaired) electrons. The highest BCUT2D eigenvalue weighted by molar-refractivity contribution is 6.27. The molecule has 6 nitrogen and oxygen atoms in total. The van der Waals surface area contributed by atoms with Crippen LogP contribution in [0.25, 0.3) is 32.9 Å². The van der Waals surface area contributed by atoms with Gasteiger partial charge in [-0.1, -0.05) is 42.5 Å². The van der Waals surface area contributed by atoms with E-state index in [-0.39, 0.29) is 11.3 Å². The van der Waals surface area contributed by atoms with Gasteiger partial charge in [0.1, 0.15) is 0 Å². The minimum Gasteiger partial charge on any atom is -0.493 e. The average molecular weight is 465 g/mol. The van der Waals surface area contributed by atoms with Crippen LogP contribution in [-0.2, 0) is 13.1 Å². The Kier molecular flexibility index (Phi) is 4.95. The van der Waals surface area contributed by atoms with Crippen molar-refractivity contribution in [2.75, 3.05) is 14.2 Å². The van der Waals surface area contributed by atoms with E-state index >= 15 is 0 Å². The van der Waals surface area contributed by atoms with Gasteiger partial charge in [-0.05, 0) is 36.1 Å². The van der Waals surface area contributed by atoms with Crippen molar-refractivity contribution < 1.29 is 14.3 Å². The van der Waals surface area contributed by atoms with E-state index in [0.717, 1.165) is 24.0 Å². The third-order valence-corrected chi connectivity index (χ3v) is 6.90. The number of ether oxygens (including phenoxy) is 2. The van der Waals surface area contributed by atoms with Crippen LogP contribution in [0.1, 0.15) is 22.3 Å². The van der Waals surface area contributed by atoms with E-state index in [1.807, 2.05) is 36.4 Å². The molecule has 3 aromatic carbocycles. The van der Waals surface area contributed by atoms with Crippen molar-refractivity contribution in [1.29, 1.82) is 0 Å². The van der Waals surface area contributed by atoms with Crippen LogP contribution in [0, 0.1) is 0 Å². The summed E-state index contributed by atoms with van der Waals surface area (Å²) in [5.74, 6) is 0.745. The molecule has 35 heavy (non-hydrogen) atoms. The minimum absolute atomic E-state index is 0.0713. The molecule has 2 heterocycles. The van der Waals surface area contributed by atoms with Crippen LogP contribution in [0.3, 0.4) is 0 Å². The number of aryl methyl sites for hydroxylation is 1. The fraction of sp³-hybridized carbons (Fsp3) is 0.172. The smallest absolute Gasteiger partial charge is 0.262 e. The van der Waals surface area contributed by atoms with Crippen LogP contribution in [-0.4, -0.2) is 29.1 Å². The number of methoxy groups -OCH3 is 2. The zero-order valence-corrected chi connectivity index (χ0v) is 19.6. The molecule has 1 aliphatic rings. The number of ketones is 1. The van der Waals surface area contributed by atoms with Crippen LogP contribution in [0.4, 0.5) is 0 Å². The molecule has 1 aliphatic carbocycles. The number of nitrogens with zero attached hydrogens (tertiary/aromatic N) is 2. The van der Waals surface area contributed by atoms with Gasteiger partial charge < -0.3 is 18.6 Å². The molecule has 0 atom stereocenters. The first-order valence-corrected chi connectivity index (χ1v) is 11.6. The van der Waals surface area contributed by atoms with E-state index in [1.54, 1.807) is 16.7 Å². The quantitative estimate of drug-likeness (QED) is 0.337. The standard InChI is InChI=1S/C29H24N2O4/c1-34-23-13-12-21-24-26(19-9-4-5-10-20(19)27(24)32)31(29(33)25(21)28(23)35-2)16-7-15-30-17-14-18-8-3-6-11-22(18)30/h3-6,8-14,17H,7,15-16H2,1-2H3. The molecule has 0 N–H and O–H groups in total. The van der Waals surface area contributed by atoms with Gasteiger partial charge in [-0.25, -0.2) is 0 Å². The number of para-hydroxylation sites is 1. The number of fused-ring (bicyclic) bond motifs is 6. The lowest BCUT2D eigenvalue weighted by Gasteiger charge is -2.18. The van der Waals surface area contributed by atoms with Crippen LogP contribution in [0.5, 0.6) is 11.5 Å². The van der Waals surface area contributed by atoms with E-state index in [1.165, 1.54) is 19.6 Å². The highest BCUT2D eigenvalue weighted by Crippen LogP contribution is 2.43. The Morgan fingerprint density at radius 1 is 0.800 bits per heavy atom. The number of benzene rings is 3. The molecule has 0 aliphatic heterocycles. The van der Waals surface area contributed by atoms with Gasteiger partial charge in [0, 0.05) is 41.3 Å². The average Bonchev–Trinajstić information content (AvgIpc) is 3.44. The minimum atomic E-state index is -0.184. The van der Waals surface area contributed by atoms with E-state index in [9.17, 15) is 9.59 Å². The Morgan fingerprint density at radius 3 is 2.37 bits per heavy atom. The third kappa shape index (κ3) is 3.10. The van der Waals surface area contributed by atoms with Gasteiger partial charge in [-0.15, -0.1) is 0 Å². The molecule has 5 aromatic rings. The van der Waals surface area contributed by atoms with Gasteiger partial charge in [0.25, 0.3) is 5.56 Å². The van der Waals surface area contributed by atoms with Crippen molar-refractivity contribution in [3.05, 3.63) is 94.4 Å². The summed E-state index contributed by atoms with van der Waals surface area (Å²) >= 11 is 0. The third-order valence-electron chi connectivity index (χ3n) is 6.90. The number of hydrogen-bond acceptors (Lipinski definition) is 4. The monoisotopic (exact) mass is 464 g/mol. The molecule has 0 spiro atoms. The predicted molar refractivity (Wildman–Crippen MR) is 137 cm³/mol. The Hall–Kier alpha value is -4.32. The number of carbonyl (C=O) groups excluding carboxylic acids is 1. The Morgan fingerprint density at radius 2 is 1.57 bits per heavy atom. The fourth-order valence-electron chi connectivity index (χ4n) is 5.33. The summed E-state index contributed by atoms with van der Waals surface area (Å²) in [6, 6.07) is 21.4. The number of rotatable bonds is 6. The van der Waals surface area contributed by atoms with Gasteiger partial charge in [-0.3, -0.25) is 9.59 Å². The van der Waals surface area contributed by atoms with E-state index in [4.69, 9.17) is 9.47 Å². The highest BCUT2D eigenvalue weighted by atomic mass is 16.5. The fourth-order valence-corrected chi connectivity index (χ4v) is 5.33. The Labute approximate surface area is 201 Å².